The zero-order chi connectivity index (χ0) is 17.2. The largest absolute Gasteiger partial charge is 0.378 e. The van der Waals surface area contributed by atoms with Crippen LogP contribution in [0.2, 0.25) is 0 Å². The number of rotatable bonds is 2. The molecule has 2 aromatic rings. The Bertz CT molecular complexity index is 821. The van der Waals surface area contributed by atoms with Crippen molar-refractivity contribution in [2.45, 2.75) is 9.92 Å². The van der Waals surface area contributed by atoms with Crippen LogP contribution in [0.4, 0.5) is 5.69 Å². The number of nitrogens with zero attached hydrogens (tertiary/aromatic N) is 3. The predicted octanol–water partition coefficient (Wildman–Crippen LogP) is 2.05. The molecule has 0 saturated carbocycles. The molecule has 0 bridgehead atoms. The molecule has 1 fully saturated rings. The molecule has 1 aromatic heterocycles. The van der Waals surface area contributed by atoms with Crippen LogP contribution in [0.3, 0.4) is 0 Å². The molecule has 0 spiro atoms. The van der Waals surface area contributed by atoms with Gasteiger partial charge in [0.25, 0.3) is 5.91 Å². The lowest BCUT2D eigenvalue weighted by atomic mass is 10.2. The highest BCUT2D eigenvalue weighted by molar-refractivity contribution is 7.99. The Labute approximate surface area is 149 Å². The number of morpholine rings is 1. The van der Waals surface area contributed by atoms with Crippen molar-refractivity contribution in [3.8, 4) is 0 Å². The van der Waals surface area contributed by atoms with Crippen molar-refractivity contribution in [2.75, 3.05) is 37.7 Å². The number of ether oxygens (including phenoxy) is 1. The topological polar surface area (TPSA) is 62.7 Å². The van der Waals surface area contributed by atoms with Gasteiger partial charge >= 0.3 is 0 Å². The number of pyridine rings is 1. The van der Waals surface area contributed by atoms with Crippen LogP contribution in [0.15, 0.2) is 52.5 Å². The van der Waals surface area contributed by atoms with Crippen LogP contribution in [0.25, 0.3) is 0 Å². The first-order chi connectivity index (χ1) is 12.2. The number of hydrogen-bond donors (Lipinski definition) is 0. The highest BCUT2D eigenvalue weighted by Gasteiger charge is 2.30. The summed E-state index contributed by atoms with van der Waals surface area (Å²) in [6.07, 6.45) is 1.70. The Kier molecular flexibility index (Phi) is 4.42. The molecule has 128 valence electrons. The van der Waals surface area contributed by atoms with E-state index in [4.69, 9.17) is 4.74 Å². The highest BCUT2D eigenvalue weighted by Crippen LogP contribution is 2.39. The minimum absolute atomic E-state index is 0.00637. The Morgan fingerprint density at radius 3 is 2.80 bits per heavy atom. The highest BCUT2D eigenvalue weighted by atomic mass is 32.2. The molecule has 2 aliphatic rings. The molecule has 25 heavy (non-hydrogen) atoms. The van der Waals surface area contributed by atoms with E-state index in [1.807, 2.05) is 24.3 Å². The molecule has 2 aliphatic heterocycles. The van der Waals surface area contributed by atoms with Gasteiger partial charge in [0.15, 0.2) is 0 Å². The van der Waals surface area contributed by atoms with Crippen LogP contribution in [0, 0.1) is 0 Å². The van der Waals surface area contributed by atoms with Crippen molar-refractivity contribution in [3.05, 3.63) is 48.2 Å². The van der Waals surface area contributed by atoms with Crippen LogP contribution in [0.1, 0.15) is 10.4 Å². The Balaban J connectivity index is 1.69. The first-order valence-electron chi connectivity index (χ1n) is 8.13. The Hall–Kier alpha value is -2.38. The second kappa shape index (κ2) is 6.85. The van der Waals surface area contributed by atoms with Crippen molar-refractivity contribution in [3.63, 3.8) is 0 Å². The molecule has 0 N–H and O–H groups in total. The van der Waals surface area contributed by atoms with Gasteiger partial charge in [0.2, 0.25) is 5.91 Å². The lowest BCUT2D eigenvalue weighted by Crippen LogP contribution is -2.47. The average Bonchev–Trinajstić information content (AvgIpc) is 2.78. The maximum Gasteiger partial charge on any atom is 0.259 e. The number of carbonyl (C=O) groups is 2. The van der Waals surface area contributed by atoms with Crippen molar-refractivity contribution in [2.24, 2.45) is 0 Å². The van der Waals surface area contributed by atoms with Crippen LogP contribution in [-0.4, -0.2) is 54.5 Å². The van der Waals surface area contributed by atoms with Crippen molar-refractivity contribution < 1.29 is 14.3 Å². The third-order valence-electron chi connectivity index (χ3n) is 4.27. The van der Waals surface area contributed by atoms with Crippen LogP contribution in [0.5, 0.6) is 0 Å². The maximum absolute atomic E-state index is 13.1. The fourth-order valence-corrected chi connectivity index (χ4v) is 3.98. The number of benzene rings is 1. The van der Waals surface area contributed by atoms with E-state index in [2.05, 4.69) is 4.98 Å². The molecule has 7 heteroatoms. The number of fused-ring (bicyclic) bond motifs is 2. The third kappa shape index (κ3) is 3.12. The summed E-state index contributed by atoms with van der Waals surface area (Å²) in [5, 5.41) is 0.732. The van der Waals surface area contributed by atoms with Crippen LogP contribution >= 0.6 is 11.8 Å². The third-order valence-corrected chi connectivity index (χ3v) is 5.35. The fourth-order valence-electron chi connectivity index (χ4n) is 2.96. The van der Waals surface area contributed by atoms with Gasteiger partial charge in [0.05, 0.1) is 24.5 Å². The second-order valence-corrected chi connectivity index (χ2v) is 6.84. The number of amides is 2. The van der Waals surface area contributed by atoms with Gasteiger partial charge < -0.3 is 9.64 Å². The van der Waals surface area contributed by atoms with Gasteiger partial charge in [-0.25, -0.2) is 4.98 Å². The molecule has 3 heterocycles. The van der Waals surface area contributed by atoms with E-state index in [0.29, 0.717) is 37.6 Å². The number of hydrogen-bond acceptors (Lipinski definition) is 5. The molecule has 0 atom stereocenters. The van der Waals surface area contributed by atoms with Gasteiger partial charge in [0, 0.05) is 24.2 Å². The molecule has 0 radical (unpaired) electrons. The smallest absolute Gasteiger partial charge is 0.259 e. The average molecular weight is 355 g/mol. The van der Waals surface area contributed by atoms with Crippen molar-refractivity contribution in [1.82, 2.24) is 9.88 Å². The minimum atomic E-state index is -0.170. The lowest BCUT2D eigenvalue weighted by molar-refractivity contribution is -0.133. The number of aromatic nitrogens is 1. The van der Waals surface area contributed by atoms with Crippen molar-refractivity contribution >= 4 is 29.3 Å². The standard InChI is InChI=1S/C18H17N3O3S/c22-16(20-8-10-24-11-9-20)12-21-14-5-3-7-19-17(14)25-15-6-2-1-4-13(15)18(21)23/h1-7H,8-12H2. The zero-order valence-electron chi connectivity index (χ0n) is 13.6. The first kappa shape index (κ1) is 16.1. The van der Waals surface area contributed by atoms with Crippen LogP contribution < -0.4 is 4.90 Å². The summed E-state index contributed by atoms with van der Waals surface area (Å²) < 4.78 is 5.30. The van der Waals surface area contributed by atoms with Crippen molar-refractivity contribution in [1.29, 1.82) is 0 Å². The van der Waals surface area contributed by atoms with Gasteiger partial charge in [-0.3, -0.25) is 14.5 Å². The summed E-state index contributed by atoms with van der Waals surface area (Å²) in [6, 6.07) is 11.1. The summed E-state index contributed by atoms with van der Waals surface area (Å²) in [5.74, 6) is -0.243. The zero-order valence-corrected chi connectivity index (χ0v) is 14.4. The van der Waals surface area contributed by atoms with E-state index in [1.165, 1.54) is 11.8 Å². The lowest BCUT2D eigenvalue weighted by Gasteiger charge is -2.30. The quantitative estimate of drug-likeness (QED) is 0.825. The summed E-state index contributed by atoms with van der Waals surface area (Å²) in [5.41, 5.74) is 1.27. The normalized spacial score (nSPS) is 16.9. The number of carbonyl (C=O) groups excluding carboxylic acids is 2. The van der Waals surface area contributed by atoms with Gasteiger partial charge in [-0.15, -0.1) is 0 Å². The summed E-state index contributed by atoms with van der Waals surface area (Å²) >= 11 is 1.45. The molecular weight excluding hydrogens is 338 g/mol. The van der Waals surface area contributed by atoms with E-state index >= 15 is 0 Å². The molecule has 1 saturated heterocycles. The van der Waals surface area contributed by atoms with E-state index in [9.17, 15) is 9.59 Å². The first-order valence-corrected chi connectivity index (χ1v) is 8.95. The maximum atomic E-state index is 13.1. The molecule has 1 aromatic carbocycles. The van der Waals surface area contributed by atoms with Gasteiger partial charge in [-0.1, -0.05) is 23.9 Å². The van der Waals surface area contributed by atoms with E-state index in [-0.39, 0.29) is 18.4 Å². The summed E-state index contributed by atoms with van der Waals surface area (Å²) in [6.45, 7) is 2.21. The van der Waals surface area contributed by atoms with E-state index in [0.717, 1.165) is 9.92 Å². The summed E-state index contributed by atoms with van der Waals surface area (Å²) in [4.78, 5) is 34.4. The second-order valence-electron chi connectivity index (χ2n) is 5.81. The molecule has 4 rings (SSSR count). The minimum Gasteiger partial charge on any atom is -0.378 e. The van der Waals surface area contributed by atoms with Gasteiger partial charge in [0.1, 0.15) is 11.6 Å². The van der Waals surface area contributed by atoms with E-state index < -0.39 is 0 Å². The fraction of sp³-hybridized carbons (Fsp3) is 0.278. The molecule has 6 nitrogen and oxygen atoms in total. The monoisotopic (exact) mass is 355 g/mol. The van der Waals surface area contributed by atoms with Gasteiger partial charge in [-0.2, -0.15) is 0 Å². The van der Waals surface area contributed by atoms with Gasteiger partial charge in [-0.05, 0) is 24.3 Å². The predicted molar refractivity (Wildman–Crippen MR) is 93.9 cm³/mol. The van der Waals surface area contributed by atoms with E-state index in [1.54, 1.807) is 28.1 Å². The molecule has 0 aliphatic carbocycles. The Morgan fingerprint density at radius 1 is 1.16 bits per heavy atom. The summed E-state index contributed by atoms with van der Waals surface area (Å²) in [7, 11) is 0. The van der Waals surface area contributed by atoms with Crippen LogP contribution in [-0.2, 0) is 9.53 Å². The number of anilines is 1. The SMILES string of the molecule is O=C(CN1C(=O)c2ccccc2Sc2ncccc21)N1CCOCC1. The molecular formula is C18H17N3O3S. The molecule has 0 unspecified atom stereocenters. The Morgan fingerprint density at radius 2 is 1.96 bits per heavy atom. The molecule has 2 amide bonds.